The number of hydrogen-bond donors (Lipinski definition) is 0. The molecule has 1 aromatic carbocycles. The first-order valence-corrected chi connectivity index (χ1v) is 7.69. The smallest absolute Gasteiger partial charge is 0.202 e. The van der Waals surface area contributed by atoms with Crippen molar-refractivity contribution in [1.82, 2.24) is 4.57 Å². The van der Waals surface area contributed by atoms with Crippen molar-refractivity contribution in [1.29, 1.82) is 0 Å². The van der Waals surface area contributed by atoms with E-state index in [0.717, 1.165) is 17.0 Å². The van der Waals surface area contributed by atoms with E-state index in [0.29, 0.717) is 10.8 Å². The number of ether oxygens (including phenoxy) is 1. The predicted molar refractivity (Wildman–Crippen MR) is 90.2 cm³/mol. The third kappa shape index (κ3) is 3.53. The number of benzene rings is 1. The van der Waals surface area contributed by atoms with Crippen molar-refractivity contribution in [2.45, 2.75) is 40.2 Å². The lowest BCUT2D eigenvalue weighted by atomic mass is 10.1. The van der Waals surface area contributed by atoms with Crippen LogP contribution in [0.1, 0.15) is 42.5 Å². The van der Waals surface area contributed by atoms with Crippen LogP contribution in [0.2, 0.25) is 5.02 Å². The van der Waals surface area contributed by atoms with Crippen LogP contribution in [0.4, 0.5) is 0 Å². The van der Waals surface area contributed by atoms with Crippen LogP contribution in [0.3, 0.4) is 0 Å². The molecule has 0 amide bonds. The van der Waals surface area contributed by atoms with E-state index in [1.54, 1.807) is 24.3 Å². The van der Waals surface area contributed by atoms with Crippen molar-refractivity contribution in [3.8, 4) is 5.75 Å². The van der Waals surface area contributed by atoms with Crippen LogP contribution >= 0.6 is 11.6 Å². The van der Waals surface area contributed by atoms with Crippen LogP contribution in [-0.4, -0.2) is 17.0 Å². The van der Waals surface area contributed by atoms with Crippen molar-refractivity contribution in [2.75, 3.05) is 6.61 Å². The van der Waals surface area contributed by atoms with E-state index in [1.807, 2.05) is 19.9 Å². The highest BCUT2D eigenvalue weighted by Crippen LogP contribution is 2.25. The van der Waals surface area contributed by atoms with Gasteiger partial charge in [0.25, 0.3) is 0 Å². The SMILES string of the molecule is Cc1cc(C(=O)COc2cccc(Cl)c2)c(C)n1C(C)(C)C. The Kier molecular flexibility index (Phi) is 4.66. The maximum atomic E-state index is 12.4. The van der Waals surface area contributed by atoms with Crippen LogP contribution < -0.4 is 4.74 Å². The Balaban J connectivity index is 2.17. The van der Waals surface area contributed by atoms with Gasteiger partial charge in [-0.05, 0) is 58.9 Å². The molecule has 0 unspecified atom stereocenters. The van der Waals surface area contributed by atoms with Gasteiger partial charge in [0.2, 0.25) is 5.78 Å². The predicted octanol–water partition coefficient (Wildman–Crippen LogP) is 4.78. The summed E-state index contributed by atoms with van der Waals surface area (Å²) in [6, 6.07) is 9.00. The number of aryl methyl sites for hydroxylation is 1. The highest BCUT2D eigenvalue weighted by molar-refractivity contribution is 6.30. The van der Waals surface area contributed by atoms with Gasteiger partial charge in [-0.15, -0.1) is 0 Å². The largest absolute Gasteiger partial charge is 0.485 e. The lowest BCUT2D eigenvalue weighted by Gasteiger charge is -2.25. The first kappa shape index (κ1) is 16.6. The second-order valence-electron chi connectivity index (χ2n) is 6.46. The second kappa shape index (κ2) is 6.17. The molecule has 0 aliphatic rings. The summed E-state index contributed by atoms with van der Waals surface area (Å²) < 4.78 is 7.73. The minimum absolute atomic E-state index is 0.00871. The van der Waals surface area contributed by atoms with Crippen LogP contribution in [-0.2, 0) is 5.54 Å². The summed E-state index contributed by atoms with van der Waals surface area (Å²) in [6.07, 6.45) is 0. The molecule has 3 nitrogen and oxygen atoms in total. The zero-order chi connectivity index (χ0) is 16.5. The van der Waals surface area contributed by atoms with E-state index in [1.165, 1.54) is 0 Å². The average Bonchev–Trinajstić information content (AvgIpc) is 2.71. The van der Waals surface area contributed by atoms with Gasteiger partial charge in [-0.3, -0.25) is 4.79 Å². The van der Waals surface area contributed by atoms with Crippen LogP contribution in [0, 0.1) is 13.8 Å². The molecular formula is C18H22ClNO2. The molecule has 2 rings (SSSR count). The summed E-state index contributed by atoms with van der Waals surface area (Å²) in [4.78, 5) is 12.4. The Labute approximate surface area is 136 Å². The Morgan fingerprint density at radius 2 is 1.91 bits per heavy atom. The number of ketones is 1. The first-order valence-electron chi connectivity index (χ1n) is 7.31. The Morgan fingerprint density at radius 1 is 1.23 bits per heavy atom. The first-order chi connectivity index (χ1) is 10.2. The summed E-state index contributed by atoms with van der Waals surface area (Å²) >= 11 is 5.91. The molecule has 0 fully saturated rings. The van der Waals surface area contributed by atoms with Gasteiger partial charge in [0.05, 0.1) is 0 Å². The van der Waals surface area contributed by atoms with Crippen LogP contribution in [0.15, 0.2) is 30.3 Å². The van der Waals surface area contributed by atoms with E-state index < -0.39 is 0 Å². The molecule has 0 aliphatic carbocycles. The normalized spacial score (nSPS) is 11.5. The lowest BCUT2D eigenvalue weighted by molar-refractivity contribution is 0.0920. The standard InChI is InChI=1S/C18H22ClNO2/c1-12-9-16(13(2)20(12)18(3,4)5)17(21)11-22-15-8-6-7-14(19)10-15/h6-10H,11H2,1-5H3. The Hall–Kier alpha value is -1.74. The fraction of sp³-hybridized carbons (Fsp3) is 0.389. The van der Waals surface area contributed by atoms with Gasteiger partial charge in [0, 0.05) is 27.5 Å². The van der Waals surface area contributed by atoms with Crippen molar-refractivity contribution < 1.29 is 9.53 Å². The number of carbonyl (C=O) groups excluding carboxylic acids is 1. The summed E-state index contributed by atoms with van der Waals surface area (Å²) in [5.41, 5.74) is 2.72. The minimum Gasteiger partial charge on any atom is -0.485 e. The monoisotopic (exact) mass is 319 g/mol. The van der Waals surface area contributed by atoms with Gasteiger partial charge in [0.15, 0.2) is 6.61 Å². The molecule has 0 saturated heterocycles. The molecule has 22 heavy (non-hydrogen) atoms. The van der Waals surface area contributed by atoms with E-state index in [9.17, 15) is 4.79 Å². The molecule has 4 heteroatoms. The molecule has 1 aromatic heterocycles. The quantitative estimate of drug-likeness (QED) is 0.760. The number of Topliss-reactive ketones (excluding diaryl/α,β-unsaturated/α-hetero) is 1. The maximum Gasteiger partial charge on any atom is 0.202 e. The van der Waals surface area contributed by atoms with Crippen molar-refractivity contribution in [3.05, 3.63) is 52.3 Å². The van der Waals surface area contributed by atoms with Gasteiger partial charge in [-0.2, -0.15) is 0 Å². The summed E-state index contributed by atoms with van der Waals surface area (Å²) in [5, 5.41) is 0.593. The van der Waals surface area contributed by atoms with Crippen LogP contribution in [0.5, 0.6) is 5.75 Å². The van der Waals surface area contributed by atoms with Gasteiger partial charge in [0.1, 0.15) is 5.75 Å². The van der Waals surface area contributed by atoms with E-state index in [-0.39, 0.29) is 17.9 Å². The maximum absolute atomic E-state index is 12.4. The summed E-state index contributed by atoms with van der Waals surface area (Å²) in [5.74, 6) is 0.578. The summed E-state index contributed by atoms with van der Waals surface area (Å²) in [7, 11) is 0. The minimum atomic E-state index is -0.0551. The van der Waals surface area contributed by atoms with Gasteiger partial charge < -0.3 is 9.30 Å². The van der Waals surface area contributed by atoms with Gasteiger partial charge in [-0.25, -0.2) is 0 Å². The number of rotatable bonds is 4. The highest BCUT2D eigenvalue weighted by atomic mass is 35.5. The molecular weight excluding hydrogens is 298 g/mol. The number of halogens is 1. The molecule has 0 spiro atoms. The molecule has 0 saturated carbocycles. The number of aromatic nitrogens is 1. The Morgan fingerprint density at radius 3 is 2.45 bits per heavy atom. The third-order valence-corrected chi connectivity index (χ3v) is 3.80. The number of nitrogens with zero attached hydrogens (tertiary/aromatic N) is 1. The van der Waals surface area contributed by atoms with E-state index >= 15 is 0 Å². The molecule has 2 aromatic rings. The Bertz CT molecular complexity index is 696. The van der Waals surface area contributed by atoms with Gasteiger partial charge in [-0.1, -0.05) is 17.7 Å². The molecule has 1 heterocycles. The van der Waals surface area contributed by atoms with E-state index in [4.69, 9.17) is 16.3 Å². The van der Waals surface area contributed by atoms with Crippen molar-refractivity contribution >= 4 is 17.4 Å². The van der Waals surface area contributed by atoms with Crippen LogP contribution in [0.25, 0.3) is 0 Å². The topological polar surface area (TPSA) is 31.2 Å². The molecule has 0 N–H and O–H groups in total. The summed E-state index contributed by atoms with van der Waals surface area (Å²) in [6.45, 7) is 10.4. The molecule has 0 aliphatic heterocycles. The van der Waals surface area contributed by atoms with Crippen molar-refractivity contribution in [3.63, 3.8) is 0 Å². The highest BCUT2D eigenvalue weighted by Gasteiger charge is 2.22. The zero-order valence-corrected chi connectivity index (χ0v) is 14.5. The zero-order valence-electron chi connectivity index (χ0n) is 13.7. The molecule has 0 bridgehead atoms. The molecule has 118 valence electrons. The molecule has 0 radical (unpaired) electrons. The van der Waals surface area contributed by atoms with E-state index in [2.05, 4.69) is 25.3 Å². The second-order valence-corrected chi connectivity index (χ2v) is 6.90. The van der Waals surface area contributed by atoms with Gasteiger partial charge >= 0.3 is 0 Å². The number of hydrogen-bond acceptors (Lipinski definition) is 2. The fourth-order valence-corrected chi connectivity index (χ4v) is 3.04. The number of carbonyl (C=O) groups is 1. The van der Waals surface area contributed by atoms with Crippen molar-refractivity contribution in [2.24, 2.45) is 0 Å². The molecule has 0 atom stereocenters. The fourth-order valence-electron chi connectivity index (χ4n) is 2.86. The lowest BCUT2D eigenvalue weighted by Crippen LogP contribution is -2.24. The third-order valence-electron chi connectivity index (χ3n) is 3.57. The average molecular weight is 320 g/mol.